The average molecular weight is 284 g/mol. The van der Waals surface area contributed by atoms with Crippen LogP contribution in [-0.2, 0) is 0 Å². The number of hydrogen-bond acceptors (Lipinski definition) is 5. The Bertz CT molecular complexity index is 651. The summed E-state index contributed by atoms with van der Waals surface area (Å²) < 4.78 is 18.7. The number of nitro groups is 1. The number of methoxy groups -OCH3 is 1. The van der Waals surface area contributed by atoms with E-state index in [0.717, 1.165) is 12.4 Å². The van der Waals surface area contributed by atoms with Crippen LogP contribution in [0.25, 0.3) is 11.3 Å². The molecule has 0 unspecified atom stereocenters. The van der Waals surface area contributed by atoms with Gasteiger partial charge in [0.2, 0.25) is 5.15 Å². The fourth-order valence-electron chi connectivity index (χ4n) is 1.53. The minimum atomic E-state index is -0.749. The Morgan fingerprint density at radius 3 is 2.74 bits per heavy atom. The lowest BCUT2D eigenvalue weighted by atomic mass is 10.1. The summed E-state index contributed by atoms with van der Waals surface area (Å²) in [5.74, 6) is -0.402. The van der Waals surface area contributed by atoms with Crippen molar-refractivity contribution >= 4 is 17.3 Å². The maximum Gasteiger partial charge on any atom is 0.332 e. The van der Waals surface area contributed by atoms with Gasteiger partial charge in [-0.3, -0.25) is 10.1 Å². The average Bonchev–Trinajstić information content (AvgIpc) is 2.37. The number of benzene rings is 1. The molecule has 0 aliphatic carbocycles. The molecule has 1 aromatic heterocycles. The molecular formula is C11H7ClFN3O3. The Labute approximate surface area is 112 Å². The van der Waals surface area contributed by atoms with Crippen LogP contribution >= 0.6 is 11.6 Å². The van der Waals surface area contributed by atoms with Gasteiger partial charge in [0.15, 0.2) is 5.69 Å². The highest BCUT2D eigenvalue weighted by molar-refractivity contribution is 6.31. The molecule has 0 aliphatic rings. The van der Waals surface area contributed by atoms with Crippen LogP contribution in [0.1, 0.15) is 0 Å². The lowest BCUT2D eigenvalue weighted by Crippen LogP contribution is -1.99. The maximum atomic E-state index is 13.9. The molecule has 2 rings (SSSR count). The number of rotatable bonds is 3. The van der Waals surface area contributed by atoms with Gasteiger partial charge in [-0.05, 0) is 12.1 Å². The van der Waals surface area contributed by atoms with E-state index in [1.165, 1.54) is 19.2 Å². The summed E-state index contributed by atoms with van der Waals surface area (Å²) in [5.41, 5.74) is -0.754. The van der Waals surface area contributed by atoms with Crippen LogP contribution in [0.15, 0.2) is 24.5 Å². The lowest BCUT2D eigenvalue weighted by Gasteiger charge is -2.06. The van der Waals surface area contributed by atoms with E-state index in [2.05, 4.69) is 9.97 Å². The van der Waals surface area contributed by atoms with Gasteiger partial charge in [0.1, 0.15) is 17.9 Å². The summed E-state index contributed by atoms with van der Waals surface area (Å²) in [4.78, 5) is 17.4. The molecule has 0 aliphatic heterocycles. The monoisotopic (exact) mass is 283 g/mol. The minimum Gasteiger partial charge on any atom is -0.497 e. The van der Waals surface area contributed by atoms with E-state index in [0.29, 0.717) is 5.75 Å². The highest BCUT2D eigenvalue weighted by atomic mass is 35.5. The van der Waals surface area contributed by atoms with Crippen molar-refractivity contribution in [2.75, 3.05) is 7.11 Å². The molecule has 98 valence electrons. The summed E-state index contributed by atoms with van der Waals surface area (Å²) in [7, 11) is 1.39. The summed E-state index contributed by atoms with van der Waals surface area (Å²) >= 11 is 5.65. The van der Waals surface area contributed by atoms with Crippen LogP contribution < -0.4 is 4.74 Å². The van der Waals surface area contributed by atoms with Gasteiger partial charge in [-0.1, -0.05) is 11.6 Å². The highest BCUT2D eigenvalue weighted by Crippen LogP contribution is 2.34. The van der Waals surface area contributed by atoms with Gasteiger partial charge in [-0.15, -0.1) is 0 Å². The number of ether oxygens (including phenoxy) is 1. The SMILES string of the molecule is COc1ccc(-c2ncnc(Cl)c2[N+](=O)[O-])c(F)c1. The van der Waals surface area contributed by atoms with Crippen LogP contribution in [0.3, 0.4) is 0 Å². The van der Waals surface area contributed by atoms with E-state index < -0.39 is 16.4 Å². The zero-order chi connectivity index (χ0) is 14.0. The van der Waals surface area contributed by atoms with Gasteiger partial charge in [-0.25, -0.2) is 14.4 Å². The molecule has 0 spiro atoms. The molecule has 0 saturated heterocycles. The van der Waals surface area contributed by atoms with Crippen LogP contribution in [0.4, 0.5) is 10.1 Å². The Kier molecular flexibility index (Phi) is 3.57. The topological polar surface area (TPSA) is 78.2 Å². The van der Waals surface area contributed by atoms with Gasteiger partial charge >= 0.3 is 5.69 Å². The van der Waals surface area contributed by atoms with Crippen molar-refractivity contribution < 1.29 is 14.1 Å². The fourth-order valence-corrected chi connectivity index (χ4v) is 1.73. The van der Waals surface area contributed by atoms with E-state index in [-0.39, 0.29) is 16.4 Å². The summed E-state index contributed by atoms with van der Waals surface area (Å²) in [6.45, 7) is 0. The van der Waals surface area contributed by atoms with E-state index in [4.69, 9.17) is 16.3 Å². The first-order chi connectivity index (χ1) is 9.04. The Morgan fingerprint density at radius 2 is 2.16 bits per heavy atom. The van der Waals surface area contributed by atoms with E-state index >= 15 is 0 Å². The molecule has 0 amide bonds. The molecule has 1 aromatic carbocycles. The number of halogens is 2. The minimum absolute atomic E-state index is 0.0446. The summed E-state index contributed by atoms with van der Waals surface area (Å²) in [6.07, 6.45) is 1.04. The quantitative estimate of drug-likeness (QED) is 0.492. The smallest absolute Gasteiger partial charge is 0.332 e. The van der Waals surface area contributed by atoms with Crippen molar-refractivity contribution in [2.45, 2.75) is 0 Å². The first-order valence-electron chi connectivity index (χ1n) is 5.03. The third-order valence-corrected chi connectivity index (χ3v) is 2.67. The molecule has 1 heterocycles. The second kappa shape index (κ2) is 5.15. The van der Waals surface area contributed by atoms with E-state index in [1.54, 1.807) is 0 Å². The molecule has 2 aromatic rings. The van der Waals surface area contributed by atoms with Crippen LogP contribution in [0.2, 0.25) is 5.15 Å². The van der Waals surface area contributed by atoms with Crippen molar-refractivity contribution in [3.05, 3.63) is 45.6 Å². The third kappa shape index (κ3) is 2.45. The Balaban J connectivity index is 2.65. The molecular weight excluding hydrogens is 277 g/mol. The molecule has 0 saturated carbocycles. The number of nitrogens with zero attached hydrogens (tertiary/aromatic N) is 3. The van der Waals surface area contributed by atoms with E-state index in [9.17, 15) is 14.5 Å². The van der Waals surface area contributed by atoms with Crippen molar-refractivity contribution in [3.63, 3.8) is 0 Å². The molecule has 0 N–H and O–H groups in total. The molecule has 0 bridgehead atoms. The van der Waals surface area contributed by atoms with Crippen molar-refractivity contribution in [2.24, 2.45) is 0 Å². The van der Waals surface area contributed by atoms with Crippen LogP contribution in [0.5, 0.6) is 5.75 Å². The third-order valence-electron chi connectivity index (χ3n) is 2.39. The first kappa shape index (κ1) is 13.2. The zero-order valence-electron chi connectivity index (χ0n) is 9.63. The van der Waals surface area contributed by atoms with Crippen molar-refractivity contribution in [1.29, 1.82) is 0 Å². The molecule has 0 atom stereocenters. The van der Waals surface area contributed by atoms with E-state index in [1.807, 2.05) is 0 Å². The standard InChI is InChI=1S/C11H7ClFN3O3/c1-19-6-2-3-7(8(13)4-6)9-10(16(17)18)11(12)15-5-14-9/h2-5H,1H3. The number of hydrogen-bond donors (Lipinski definition) is 0. The molecule has 19 heavy (non-hydrogen) atoms. The summed E-state index contributed by atoms with van der Waals surface area (Å²) in [6, 6.07) is 3.91. The zero-order valence-corrected chi connectivity index (χ0v) is 10.4. The molecule has 0 fully saturated rings. The van der Waals surface area contributed by atoms with Crippen LogP contribution in [0, 0.1) is 15.9 Å². The van der Waals surface area contributed by atoms with Gasteiger partial charge in [0.25, 0.3) is 0 Å². The predicted molar refractivity (Wildman–Crippen MR) is 65.6 cm³/mol. The second-order valence-electron chi connectivity index (χ2n) is 3.46. The lowest BCUT2D eigenvalue weighted by molar-refractivity contribution is -0.384. The van der Waals surface area contributed by atoms with Crippen LogP contribution in [-0.4, -0.2) is 22.0 Å². The molecule has 8 heteroatoms. The largest absolute Gasteiger partial charge is 0.497 e. The highest BCUT2D eigenvalue weighted by Gasteiger charge is 2.24. The van der Waals surface area contributed by atoms with Crippen molar-refractivity contribution in [1.82, 2.24) is 9.97 Å². The Morgan fingerprint density at radius 1 is 1.42 bits per heavy atom. The van der Waals surface area contributed by atoms with Crippen molar-refractivity contribution in [3.8, 4) is 17.0 Å². The fraction of sp³-hybridized carbons (Fsp3) is 0.0909. The van der Waals surface area contributed by atoms with Gasteiger partial charge in [0, 0.05) is 11.6 Å². The summed E-state index contributed by atoms with van der Waals surface area (Å²) in [5, 5.41) is 10.6. The number of aromatic nitrogens is 2. The predicted octanol–water partition coefficient (Wildman–Crippen LogP) is 2.85. The van der Waals surface area contributed by atoms with Gasteiger partial charge in [0.05, 0.1) is 12.0 Å². The van der Waals surface area contributed by atoms with Gasteiger partial charge in [-0.2, -0.15) is 0 Å². The van der Waals surface area contributed by atoms with Gasteiger partial charge < -0.3 is 4.74 Å². The Hall–Kier alpha value is -2.28. The normalized spacial score (nSPS) is 10.3. The molecule has 6 nitrogen and oxygen atoms in total. The maximum absolute atomic E-state index is 13.9. The second-order valence-corrected chi connectivity index (χ2v) is 3.82. The first-order valence-corrected chi connectivity index (χ1v) is 5.41. The molecule has 0 radical (unpaired) electrons.